The molecule has 0 spiro atoms. The highest BCUT2D eigenvalue weighted by atomic mass is 79.9. The normalized spacial score (nSPS) is 19.2. The number of ether oxygens (including phenoxy) is 1. The number of rotatable bonds is 3. The number of hydrogen-bond acceptors (Lipinski definition) is 2. The first-order valence-corrected chi connectivity index (χ1v) is 7.76. The quantitative estimate of drug-likeness (QED) is 0.910. The highest BCUT2D eigenvalue weighted by Gasteiger charge is 2.27. The minimum Gasteiger partial charge on any atom is -0.377 e. The fourth-order valence-corrected chi connectivity index (χ4v) is 2.82. The molecule has 0 radical (unpaired) electrons. The molecule has 1 fully saturated rings. The minimum atomic E-state index is -0.0444. The van der Waals surface area contributed by atoms with Gasteiger partial charge in [-0.3, -0.25) is 0 Å². The van der Waals surface area contributed by atoms with Crippen LogP contribution in [0, 0.1) is 5.92 Å². The molecule has 5 heteroatoms. The van der Waals surface area contributed by atoms with Gasteiger partial charge in [-0.05, 0) is 30.5 Å². The zero-order valence-corrected chi connectivity index (χ0v) is 13.5. The lowest BCUT2D eigenvalue weighted by molar-refractivity contribution is 0.00857. The number of halogens is 1. The Labute approximate surface area is 128 Å². The first kappa shape index (κ1) is 15.3. The molecule has 0 aliphatic carbocycles. The summed E-state index contributed by atoms with van der Waals surface area (Å²) in [5.74, 6) is 0.544. The summed E-state index contributed by atoms with van der Waals surface area (Å²) in [5, 5.41) is 2.96. The number of amides is 2. The third-order valence-corrected chi connectivity index (χ3v) is 3.80. The van der Waals surface area contributed by atoms with Crippen molar-refractivity contribution in [3.63, 3.8) is 0 Å². The van der Waals surface area contributed by atoms with Gasteiger partial charge >= 0.3 is 6.03 Å². The van der Waals surface area contributed by atoms with Gasteiger partial charge < -0.3 is 15.0 Å². The van der Waals surface area contributed by atoms with Crippen molar-refractivity contribution in [1.29, 1.82) is 0 Å². The first-order chi connectivity index (χ1) is 9.56. The number of benzene rings is 1. The number of anilines is 1. The molecule has 1 atom stereocenters. The van der Waals surface area contributed by atoms with E-state index in [1.807, 2.05) is 29.2 Å². The van der Waals surface area contributed by atoms with E-state index in [1.54, 1.807) is 0 Å². The summed E-state index contributed by atoms with van der Waals surface area (Å²) in [6.45, 7) is 6.22. The van der Waals surface area contributed by atoms with Crippen LogP contribution >= 0.6 is 15.9 Å². The lowest BCUT2D eigenvalue weighted by Crippen LogP contribution is -2.50. The molecule has 1 unspecified atom stereocenters. The Morgan fingerprint density at radius 2 is 2.35 bits per heavy atom. The van der Waals surface area contributed by atoms with Crippen molar-refractivity contribution >= 4 is 27.6 Å². The number of urea groups is 1. The van der Waals surface area contributed by atoms with Crippen LogP contribution in [0.15, 0.2) is 28.7 Å². The third-order valence-electron chi connectivity index (χ3n) is 3.31. The van der Waals surface area contributed by atoms with Crippen molar-refractivity contribution < 1.29 is 9.53 Å². The fourth-order valence-electron chi connectivity index (χ4n) is 2.42. The SMILES string of the molecule is CC(C)CC1COCCN1C(=O)Nc1cccc(Br)c1. The summed E-state index contributed by atoms with van der Waals surface area (Å²) < 4.78 is 6.46. The van der Waals surface area contributed by atoms with Gasteiger partial charge in [0.2, 0.25) is 0 Å². The molecule has 0 aromatic heterocycles. The number of hydrogen-bond donors (Lipinski definition) is 1. The Kier molecular flexibility index (Phi) is 5.43. The van der Waals surface area contributed by atoms with Crippen LogP contribution in [-0.4, -0.2) is 36.7 Å². The van der Waals surface area contributed by atoms with Crippen LogP contribution < -0.4 is 5.32 Å². The summed E-state index contributed by atoms with van der Waals surface area (Å²) >= 11 is 3.41. The van der Waals surface area contributed by atoms with Gasteiger partial charge in [-0.25, -0.2) is 4.79 Å². The van der Waals surface area contributed by atoms with Gasteiger partial charge in [0.1, 0.15) is 0 Å². The Balaban J connectivity index is 2.02. The smallest absolute Gasteiger partial charge is 0.322 e. The Morgan fingerprint density at radius 3 is 3.05 bits per heavy atom. The molecular formula is C15H21BrN2O2. The number of nitrogens with one attached hydrogen (secondary N) is 1. The molecule has 1 aliphatic heterocycles. The molecule has 0 saturated carbocycles. The second-order valence-electron chi connectivity index (χ2n) is 5.49. The molecule has 0 bridgehead atoms. The van der Waals surface area contributed by atoms with E-state index in [9.17, 15) is 4.79 Å². The molecule has 1 saturated heterocycles. The highest BCUT2D eigenvalue weighted by molar-refractivity contribution is 9.10. The van der Waals surface area contributed by atoms with Crippen molar-refractivity contribution in [1.82, 2.24) is 4.90 Å². The second-order valence-corrected chi connectivity index (χ2v) is 6.41. The van der Waals surface area contributed by atoms with Gasteiger partial charge in [-0.2, -0.15) is 0 Å². The predicted octanol–water partition coefficient (Wildman–Crippen LogP) is 3.73. The molecule has 20 heavy (non-hydrogen) atoms. The van der Waals surface area contributed by atoms with E-state index in [1.165, 1.54) is 0 Å². The molecule has 4 nitrogen and oxygen atoms in total. The standard InChI is InChI=1S/C15H21BrN2O2/c1-11(2)8-14-10-20-7-6-18(14)15(19)17-13-5-3-4-12(16)9-13/h3-5,9,11,14H,6-8,10H2,1-2H3,(H,17,19). The molecule has 1 aromatic rings. The highest BCUT2D eigenvalue weighted by Crippen LogP contribution is 2.19. The van der Waals surface area contributed by atoms with Crippen LogP contribution in [0.2, 0.25) is 0 Å². The molecule has 1 N–H and O–H groups in total. The van der Waals surface area contributed by atoms with E-state index in [0.29, 0.717) is 25.7 Å². The van der Waals surface area contributed by atoms with Crippen LogP contribution in [0.4, 0.5) is 10.5 Å². The van der Waals surface area contributed by atoms with E-state index in [0.717, 1.165) is 16.6 Å². The fraction of sp³-hybridized carbons (Fsp3) is 0.533. The second kappa shape index (κ2) is 7.09. The van der Waals surface area contributed by atoms with Crippen molar-refractivity contribution in [3.8, 4) is 0 Å². The van der Waals surface area contributed by atoms with Gasteiger partial charge in [0, 0.05) is 16.7 Å². The summed E-state index contributed by atoms with van der Waals surface area (Å²) in [4.78, 5) is 14.3. The number of nitrogens with zero attached hydrogens (tertiary/aromatic N) is 1. The van der Waals surface area contributed by atoms with Crippen LogP contribution in [0.3, 0.4) is 0 Å². The van der Waals surface area contributed by atoms with Crippen molar-refractivity contribution in [2.75, 3.05) is 25.1 Å². The average Bonchev–Trinajstić information content (AvgIpc) is 2.38. The van der Waals surface area contributed by atoms with E-state index in [4.69, 9.17) is 4.74 Å². The van der Waals surface area contributed by atoms with Gasteiger partial charge in [0.05, 0.1) is 19.3 Å². The summed E-state index contributed by atoms with van der Waals surface area (Å²) in [6.07, 6.45) is 0.964. The zero-order valence-electron chi connectivity index (χ0n) is 11.9. The number of morpholine rings is 1. The minimum absolute atomic E-state index is 0.0444. The summed E-state index contributed by atoms with van der Waals surface area (Å²) in [5.41, 5.74) is 0.805. The van der Waals surface area contributed by atoms with Crippen LogP contribution in [0.25, 0.3) is 0 Å². The van der Waals surface area contributed by atoms with Crippen molar-refractivity contribution in [3.05, 3.63) is 28.7 Å². The lowest BCUT2D eigenvalue weighted by atomic mass is 10.0. The monoisotopic (exact) mass is 340 g/mol. The molecule has 2 amide bonds. The Morgan fingerprint density at radius 1 is 1.55 bits per heavy atom. The lowest BCUT2D eigenvalue weighted by Gasteiger charge is -2.36. The number of carbonyl (C=O) groups excluding carboxylic acids is 1. The molecule has 2 rings (SSSR count). The van der Waals surface area contributed by atoms with E-state index in [2.05, 4.69) is 35.1 Å². The molecule has 110 valence electrons. The Hall–Kier alpha value is -1.07. The molecule has 1 heterocycles. The van der Waals surface area contributed by atoms with E-state index < -0.39 is 0 Å². The number of carbonyl (C=O) groups is 1. The maximum atomic E-state index is 12.4. The average molecular weight is 341 g/mol. The molecule has 1 aliphatic rings. The van der Waals surface area contributed by atoms with Crippen molar-refractivity contribution in [2.24, 2.45) is 5.92 Å². The van der Waals surface area contributed by atoms with Crippen molar-refractivity contribution in [2.45, 2.75) is 26.3 Å². The maximum Gasteiger partial charge on any atom is 0.322 e. The van der Waals surface area contributed by atoms with Crippen LogP contribution in [-0.2, 0) is 4.74 Å². The molecular weight excluding hydrogens is 320 g/mol. The van der Waals surface area contributed by atoms with Gasteiger partial charge in [-0.1, -0.05) is 35.8 Å². The maximum absolute atomic E-state index is 12.4. The zero-order chi connectivity index (χ0) is 14.5. The Bertz CT molecular complexity index is 465. The largest absolute Gasteiger partial charge is 0.377 e. The van der Waals surface area contributed by atoms with Gasteiger partial charge in [-0.15, -0.1) is 0 Å². The molecule has 1 aromatic carbocycles. The van der Waals surface area contributed by atoms with Crippen LogP contribution in [0.1, 0.15) is 20.3 Å². The first-order valence-electron chi connectivity index (χ1n) is 6.97. The predicted molar refractivity (Wildman–Crippen MR) is 83.9 cm³/mol. The van der Waals surface area contributed by atoms with E-state index in [-0.39, 0.29) is 12.1 Å². The van der Waals surface area contributed by atoms with E-state index >= 15 is 0 Å². The van der Waals surface area contributed by atoms with Crippen LogP contribution in [0.5, 0.6) is 0 Å². The summed E-state index contributed by atoms with van der Waals surface area (Å²) in [6, 6.07) is 7.75. The third kappa shape index (κ3) is 4.21. The van der Waals surface area contributed by atoms with Gasteiger partial charge in [0.25, 0.3) is 0 Å². The van der Waals surface area contributed by atoms with Gasteiger partial charge in [0.15, 0.2) is 0 Å². The summed E-state index contributed by atoms with van der Waals surface area (Å²) in [7, 11) is 0. The topological polar surface area (TPSA) is 41.6 Å².